The van der Waals surface area contributed by atoms with Gasteiger partial charge in [-0.15, -0.1) is 5.10 Å². The highest BCUT2D eigenvalue weighted by atomic mass is 35.5. The summed E-state index contributed by atoms with van der Waals surface area (Å²) in [7, 11) is 0. The number of aromatic nitrogens is 3. The van der Waals surface area contributed by atoms with Crippen LogP contribution >= 0.6 is 34.5 Å². The number of fused-ring (bicyclic) bond motifs is 1. The number of hydrogen-bond acceptors (Lipinski definition) is 6. The molecular formula is C19H11Cl2N3O3S. The minimum Gasteiger partial charge on any atom is -0.427 e. The monoisotopic (exact) mass is 431 g/mol. The van der Waals surface area contributed by atoms with Crippen LogP contribution in [0.25, 0.3) is 22.4 Å². The maximum atomic E-state index is 12.7. The van der Waals surface area contributed by atoms with Crippen LogP contribution in [-0.2, 0) is 4.79 Å². The van der Waals surface area contributed by atoms with Gasteiger partial charge in [-0.3, -0.25) is 9.59 Å². The second-order valence-electron chi connectivity index (χ2n) is 5.84. The largest absolute Gasteiger partial charge is 0.427 e. The molecule has 2 aromatic carbocycles. The van der Waals surface area contributed by atoms with Gasteiger partial charge < -0.3 is 4.74 Å². The molecule has 0 bridgehead atoms. The van der Waals surface area contributed by atoms with E-state index >= 15 is 0 Å². The van der Waals surface area contributed by atoms with Crippen molar-refractivity contribution in [1.82, 2.24) is 14.6 Å². The Labute approximate surface area is 172 Å². The Hall–Kier alpha value is -2.74. The average Bonchev–Trinajstić information content (AvgIpc) is 3.15. The van der Waals surface area contributed by atoms with Crippen LogP contribution < -0.4 is 14.8 Å². The van der Waals surface area contributed by atoms with Gasteiger partial charge >= 0.3 is 5.97 Å². The summed E-state index contributed by atoms with van der Waals surface area (Å²) in [6.07, 6.45) is 1.70. The van der Waals surface area contributed by atoms with E-state index in [1.807, 2.05) is 0 Å². The molecule has 140 valence electrons. The van der Waals surface area contributed by atoms with Gasteiger partial charge in [-0.25, -0.2) is 0 Å². The fourth-order valence-electron chi connectivity index (χ4n) is 2.60. The second-order valence-corrected chi connectivity index (χ2v) is 7.69. The fourth-order valence-corrected chi connectivity index (χ4v) is 4.00. The molecule has 6 nitrogen and oxygen atoms in total. The molecule has 9 heteroatoms. The highest BCUT2D eigenvalue weighted by molar-refractivity contribution is 7.15. The van der Waals surface area contributed by atoms with Gasteiger partial charge in [0.1, 0.15) is 5.75 Å². The number of hydrogen-bond donors (Lipinski definition) is 0. The van der Waals surface area contributed by atoms with Crippen LogP contribution in [0.2, 0.25) is 10.0 Å². The zero-order valence-electron chi connectivity index (χ0n) is 14.3. The van der Waals surface area contributed by atoms with E-state index in [1.54, 1.807) is 48.5 Å². The van der Waals surface area contributed by atoms with E-state index < -0.39 is 5.97 Å². The lowest BCUT2D eigenvalue weighted by Gasteiger charge is -2.01. The third-order valence-electron chi connectivity index (χ3n) is 3.77. The SMILES string of the molecule is CC(=O)Oc1cccc(/C=c2\sc3nc(-c4ccc(Cl)cc4Cl)nn3c2=O)c1. The van der Waals surface area contributed by atoms with Gasteiger partial charge in [0, 0.05) is 17.5 Å². The number of ether oxygens (including phenoxy) is 1. The third kappa shape index (κ3) is 3.64. The summed E-state index contributed by atoms with van der Waals surface area (Å²) in [5.41, 5.74) is 1.03. The Bertz CT molecular complexity index is 1330. The van der Waals surface area contributed by atoms with Crippen molar-refractivity contribution in [2.24, 2.45) is 0 Å². The van der Waals surface area contributed by atoms with Crippen LogP contribution in [0.5, 0.6) is 5.75 Å². The summed E-state index contributed by atoms with van der Waals surface area (Å²) in [4.78, 5) is 28.6. The Morgan fingerprint density at radius 1 is 1.21 bits per heavy atom. The first-order chi connectivity index (χ1) is 13.4. The number of carbonyl (C=O) groups is 1. The lowest BCUT2D eigenvalue weighted by molar-refractivity contribution is -0.131. The van der Waals surface area contributed by atoms with Crippen molar-refractivity contribution < 1.29 is 9.53 Å². The predicted molar refractivity (Wildman–Crippen MR) is 109 cm³/mol. The molecule has 2 heterocycles. The van der Waals surface area contributed by atoms with Crippen molar-refractivity contribution in [1.29, 1.82) is 0 Å². The molecule has 0 saturated carbocycles. The zero-order chi connectivity index (χ0) is 19.8. The van der Waals surface area contributed by atoms with E-state index in [9.17, 15) is 9.59 Å². The van der Waals surface area contributed by atoms with Crippen molar-refractivity contribution in [3.05, 3.63) is 73.0 Å². The van der Waals surface area contributed by atoms with Crippen molar-refractivity contribution >= 4 is 51.5 Å². The van der Waals surface area contributed by atoms with Crippen LogP contribution in [-0.4, -0.2) is 20.6 Å². The van der Waals surface area contributed by atoms with Crippen molar-refractivity contribution in [2.75, 3.05) is 0 Å². The van der Waals surface area contributed by atoms with E-state index in [4.69, 9.17) is 27.9 Å². The van der Waals surface area contributed by atoms with Gasteiger partial charge in [-0.2, -0.15) is 9.50 Å². The first-order valence-electron chi connectivity index (χ1n) is 8.06. The molecule has 0 unspecified atom stereocenters. The van der Waals surface area contributed by atoms with E-state index in [0.29, 0.717) is 36.7 Å². The molecule has 4 rings (SSSR count). The fraction of sp³-hybridized carbons (Fsp3) is 0.0526. The first kappa shape index (κ1) is 18.6. The predicted octanol–water partition coefficient (Wildman–Crippen LogP) is 3.60. The highest BCUT2D eigenvalue weighted by Crippen LogP contribution is 2.28. The number of nitrogens with zero attached hydrogens (tertiary/aromatic N) is 3. The first-order valence-corrected chi connectivity index (χ1v) is 9.63. The lowest BCUT2D eigenvalue weighted by atomic mass is 10.2. The number of benzene rings is 2. The topological polar surface area (TPSA) is 73.6 Å². The molecule has 4 aromatic rings. The molecule has 0 spiro atoms. The van der Waals surface area contributed by atoms with E-state index in [2.05, 4.69) is 10.1 Å². The van der Waals surface area contributed by atoms with Crippen molar-refractivity contribution in [3.8, 4) is 17.1 Å². The van der Waals surface area contributed by atoms with E-state index in [0.717, 1.165) is 5.56 Å². The van der Waals surface area contributed by atoms with Gasteiger partial charge in [0.25, 0.3) is 5.56 Å². The van der Waals surface area contributed by atoms with Gasteiger partial charge in [0.2, 0.25) is 4.96 Å². The summed E-state index contributed by atoms with van der Waals surface area (Å²) < 4.78 is 6.77. The molecule has 0 aliphatic rings. The molecule has 0 amide bonds. The summed E-state index contributed by atoms with van der Waals surface area (Å²) >= 11 is 13.3. The number of esters is 1. The number of halogens is 2. The Kier molecular flexibility index (Phi) is 4.89. The minimum absolute atomic E-state index is 0.290. The van der Waals surface area contributed by atoms with Crippen molar-refractivity contribution in [2.45, 2.75) is 6.92 Å². The molecule has 0 aliphatic carbocycles. The van der Waals surface area contributed by atoms with Gasteiger partial charge in [-0.1, -0.05) is 46.7 Å². The van der Waals surface area contributed by atoms with Gasteiger partial charge in [-0.05, 0) is 42.0 Å². The Balaban J connectivity index is 1.75. The average molecular weight is 432 g/mol. The summed E-state index contributed by atoms with van der Waals surface area (Å²) in [5, 5.41) is 5.19. The van der Waals surface area contributed by atoms with E-state index in [-0.39, 0.29) is 5.56 Å². The number of carbonyl (C=O) groups excluding carboxylic acids is 1. The number of rotatable bonds is 3. The smallest absolute Gasteiger partial charge is 0.308 e. The van der Waals surface area contributed by atoms with Crippen LogP contribution in [0.4, 0.5) is 0 Å². The molecule has 0 atom stereocenters. The Morgan fingerprint density at radius 3 is 2.75 bits per heavy atom. The maximum Gasteiger partial charge on any atom is 0.308 e. The van der Waals surface area contributed by atoms with E-state index in [1.165, 1.54) is 22.8 Å². The molecule has 0 radical (unpaired) electrons. The second kappa shape index (κ2) is 7.35. The highest BCUT2D eigenvalue weighted by Gasteiger charge is 2.14. The van der Waals surface area contributed by atoms with Crippen LogP contribution in [0.3, 0.4) is 0 Å². The third-order valence-corrected chi connectivity index (χ3v) is 5.28. The molecule has 2 aromatic heterocycles. The number of thiazole rings is 1. The maximum absolute atomic E-state index is 12.7. The normalized spacial score (nSPS) is 11.9. The molecule has 0 saturated heterocycles. The summed E-state index contributed by atoms with van der Waals surface area (Å²) in [5.74, 6) is 0.357. The lowest BCUT2D eigenvalue weighted by Crippen LogP contribution is -2.23. The van der Waals surface area contributed by atoms with Crippen LogP contribution in [0, 0.1) is 0 Å². The quantitative estimate of drug-likeness (QED) is 0.366. The Morgan fingerprint density at radius 2 is 2.04 bits per heavy atom. The van der Waals surface area contributed by atoms with Gasteiger partial charge in [0.05, 0.1) is 9.55 Å². The molecule has 0 aliphatic heterocycles. The minimum atomic E-state index is -0.408. The summed E-state index contributed by atoms with van der Waals surface area (Å²) in [6.45, 7) is 1.33. The molecule has 28 heavy (non-hydrogen) atoms. The van der Waals surface area contributed by atoms with Crippen molar-refractivity contribution in [3.63, 3.8) is 0 Å². The standard InChI is InChI=1S/C19H11Cl2N3O3S/c1-10(25)27-13-4-2-3-11(7-13)8-16-18(26)24-19(28-16)22-17(23-24)14-6-5-12(20)9-15(14)21/h2-9H,1H3/b16-8-. The van der Waals surface area contributed by atoms with Crippen LogP contribution in [0.15, 0.2) is 47.3 Å². The molecule has 0 fully saturated rings. The molecule has 0 N–H and O–H groups in total. The van der Waals surface area contributed by atoms with Gasteiger partial charge in [0.15, 0.2) is 5.82 Å². The van der Waals surface area contributed by atoms with Crippen LogP contribution in [0.1, 0.15) is 12.5 Å². The summed E-state index contributed by atoms with van der Waals surface area (Å²) in [6, 6.07) is 11.9. The molecular weight excluding hydrogens is 421 g/mol. The zero-order valence-corrected chi connectivity index (χ0v) is 16.7.